The van der Waals surface area contributed by atoms with Gasteiger partial charge in [0.1, 0.15) is 5.75 Å². The Labute approximate surface area is 183 Å². The standard InChI is InChI=1S/C24H22F3NO2S/c1-3-30-22-12-9-17(13-18(22)15-31-21-10-7-16(2)8-11-21)23(29)28-20-6-4-5-19(14-20)24(25,26)27/h4-14H,3,15H2,1-2H3,(H,28,29). The van der Waals surface area contributed by atoms with Crippen molar-refractivity contribution in [3.05, 3.63) is 89.0 Å². The molecule has 3 aromatic rings. The van der Waals surface area contributed by atoms with E-state index in [1.54, 1.807) is 30.0 Å². The maximum atomic E-state index is 12.9. The van der Waals surface area contributed by atoms with E-state index in [0.29, 0.717) is 23.7 Å². The quantitative estimate of drug-likeness (QED) is 0.400. The van der Waals surface area contributed by atoms with Crippen LogP contribution in [0.4, 0.5) is 18.9 Å². The molecule has 0 aliphatic heterocycles. The largest absolute Gasteiger partial charge is 0.494 e. The molecule has 0 bridgehead atoms. The molecule has 31 heavy (non-hydrogen) atoms. The Morgan fingerprint density at radius 2 is 1.77 bits per heavy atom. The van der Waals surface area contributed by atoms with E-state index in [2.05, 4.69) is 5.32 Å². The Morgan fingerprint density at radius 3 is 2.45 bits per heavy atom. The van der Waals surface area contributed by atoms with E-state index >= 15 is 0 Å². The second-order valence-corrected chi connectivity index (χ2v) is 7.94. The third kappa shape index (κ3) is 6.28. The molecule has 0 heterocycles. The average molecular weight is 446 g/mol. The maximum absolute atomic E-state index is 12.9. The van der Waals surface area contributed by atoms with Gasteiger partial charge in [0.15, 0.2) is 0 Å². The fraction of sp³-hybridized carbons (Fsp3) is 0.208. The Balaban J connectivity index is 1.78. The first-order chi connectivity index (χ1) is 14.8. The van der Waals surface area contributed by atoms with Crippen LogP contribution < -0.4 is 10.1 Å². The summed E-state index contributed by atoms with van der Waals surface area (Å²) in [4.78, 5) is 13.8. The average Bonchev–Trinajstić information content (AvgIpc) is 2.74. The van der Waals surface area contributed by atoms with Gasteiger partial charge in [0.05, 0.1) is 12.2 Å². The molecule has 0 aromatic heterocycles. The van der Waals surface area contributed by atoms with Gasteiger partial charge in [-0.05, 0) is 62.4 Å². The molecule has 0 saturated carbocycles. The van der Waals surface area contributed by atoms with E-state index in [1.165, 1.54) is 17.7 Å². The number of thioether (sulfide) groups is 1. The number of carbonyl (C=O) groups excluding carboxylic acids is 1. The molecule has 0 atom stereocenters. The van der Waals surface area contributed by atoms with Gasteiger partial charge in [-0.15, -0.1) is 11.8 Å². The number of anilines is 1. The zero-order valence-corrected chi connectivity index (χ0v) is 17.9. The number of aryl methyl sites for hydroxylation is 1. The van der Waals surface area contributed by atoms with Crippen LogP contribution in [0, 0.1) is 6.92 Å². The number of benzene rings is 3. The van der Waals surface area contributed by atoms with Crippen LogP contribution in [0.15, 0.2) is 71.6 Å². The Morgan fingerprint density at radius 1 is 1.03 bits per heavy atom. The molecule has 3 rings (SSSR count). The Hall–Kier alpha value is -2.93. The third-order valence-electron chi connectivity index (χ3n) is 4.49. The highest BCUT2D eigenvalue weighted by molar-refractivity contribution is 7.98. The van der Waals surface area contributed by atoms with Crippen molar-refractivity contribution in [1.29, 1.82) is 0 Å². The predicted octanol–water partition coefficient (Wildman–Crippen LogP) is 6.96. The van der Waals surface area contributed by atoms with E-state index in [-0.39, 0.29) is 5.69 Å². The fourth-order valence-corrected chi connectivity index (χ4v) is 3.78. The van der Waals surface area contributed by atoms with Crippen molar-refractivity contribution in [1.82, 2.24) is 0 Å². The molecule has 7 heteroatoms. The van der Waals surface area contributed by atoms with Crippen LogP contribution in [0.3, 0.4) is 0 Å². The van der Waals surface area contributed by atoms with Crippen molar-refractivity contribution in [3.8, 4) is 5.75 Å². The maximum Gasteiger partial charge on any atom is 0.416 e. The molecule has 0 spiro atoms. The lowest BCUT2D eigenvalue weighted by molar-refractivity contribution is -0.137. The smallest absolute Gasteiger partial charge is 0.416 e. The van der Waals surface area contributed by atoms with Crippen molar-refractivity contribution in [3.63, 3.8) is 0 Å². The van der Waals surface area contributed by atoms with Crippen molar-refractivity contribution in [2.24, 2.45) is 0 Å². The number of ether oxygens (including phenoxy) is 1. The summed E-state index contributed by atoms with van der Waals surface area (Å²) in [5.41, 5.74) is 1.63. The van der Waals surface area contributed by atoms with Gasteiger partial charge < -0.3 is 10.1 Å². The van der Waals surface area contributed by atoms with Gasteiger partial charge in [-0.1, -0.05) is 23.8 Å². The van der Waals surface area contributed by atoms with Crippen molar-refractivity contribution in [2.45, 2.75) is 30.7 Å². The number of amides is 1. The van der Waals surface area contributed by atoms with E-state index in [1.807, 2.05) is 38.1 Å². The SMILES string of the molecule is CCOc1ccc(C(=O)Nc2cccc(C(F)(F)F)c2)cc1CSc1ccc(C)cc1. The first kappa shape index (κ1) is 22.7. The summed E-state index contributed by atoms with van der Waals surface area (Å²) in [6.07, 6.45) is -4.47. The number of hydrogen-bond donors (Lipinski definition) is 1. The number of rotatable bonds is 7. The van der Waals surface area contributed by atoms with Gasteiger partial charge in [-0.2, -0.15) is 13.2 Å². The van der Waals surface area contributed by atoms with E-state index in [0.717, 1.165) is 22.6 Å². The first-order valence-electron chi connectivity index (χ1n) is 9.70. The highest BCUT2D eigenvalue weighted by atomic mass is 32.2. The summed E-state index contributed by atoms with van der Waals surface area (Å²) in [6, 6.07) is 17.7. The zero-order chi connectivity index (χ0) is 22.4. The van der Waals surface area contributed by atoms with Crippen molar-refractivity contribution < 1.29 is 22.7 Å². The molecule has 0 aliphatic rings. The highest BCUT2D eigenvalue weighted by Crippen LogP contribution is 2.32. The number of alkyl halides is 3. The van der Waals surface area contributed by atoms with Gasteiger partial charge in [0, 0.05) is 27.5 Å². The van der Waals surface area contributed by atoms with Crippen molar-refractivity contribution in [2.75, 3.05) is 11.9 Å². The number of halogens is 3. The molecule has 0 saturated heterocycles. The second-order valence-electron chi connectivity index (χ2n) is 6.89. The van der Waals surface area contributed by atoms with Gasteiger partial charge in [0.25, 0.3) is 5.91 Å². The summed E-state index contributed by atoms with van der Waals surface area (Å²) >= 11 is 1.61. The fourth-order valence-electron chi connectivity index (χ4n) is 2.90. The minimum atomic E-state index is -4.47. The van der Waals surface area contributed by atoms with Crippen LogP contribution in [0.1, 0.15) is 34.0 Å². The highest BCUT2D eigenvalue weighted by Gasteiger charge is 2.30. The molecule has 1 N–H and O–H groups in total. The van der Waals surface area contributed by atoms with E-state index < -0.39 is 17.6 Å². The Kier molecular flexibility index (Phi) is 7.28. The number of nitrogens with one attached hydrogen (secondary N) is 1. The first-order valence-corrected chi connectivity index (χ1v) is 10.7. The molecule has 0 aliphatic carbocycles. The lowest BCUT2D eigenvalue weighted by Gasteiger charge is -2.13. The molecule has 3 aromatic carbocycles. The number of carbonyl (C=O) groups is 1. The number of hydrogen-bond acceptors (Lipinski definition) is 3. The molecular formula is C24H22F3NO2S. The van der Waals surface area contributed by atoms with Crippen LogP contribution in [0.2, 0.25) is 0 Å². The molecule has 1 amide bonds. The van der Waals surface area contributed by atoms with Crippen LogP contribution in [0.25, 0.3) is 0 Å². The summed E-state index contributed by atoms with van der Waals surface area (Å²) in [6.45, 7) is 4.39. The normalized spacial score (nSPS) is 11.3. The van der Waals surface area contributed by atoms with Crippen LogP contribution in [-0.4, -0.2) is 12.5 Å². The van der Waals surface area contributed by atoms with Crippen LogP contribution >= 0.6 is 11.8 Å². The molecule has 162 valence electrons. The van der Waals surface area contributed by atoms with Crippen LogP contribution in [-0.2, 0) is 11.9 Å². The molecule has 3 nitrogen and oxygen atoms in total. The van der Waals surface area contributed by atoms with Gasteiger partial charge in [-0.3, -0.25) is 4.79 Å². The topological polar surface area (TPSA) is 38.3 Å². The lowest BCUT2D eigenvalue weighted by Crippen LogP contribution is -2.13. The summed E-state index contributed by atoms with van der Waals surface area (Å²) < 4.78 is 44.4. The van der Waals surface area contributed by atoms with E-state index in [4.69, 9.17) is 4.74 Å². The summed E-state index contributed by atoms with van der Waals surface area (Å²) in [5.74, 6) is 0.782. The lowest BCUT2D eigenvalue weighted by atomic mass is 10.1. The third-order valence-corrected chi connectivity index (χ3v) is 5.55. The molecule has 0 fully saturated rings. The summed E-state index contributed by atoms with van der Waals surface area (Å²) in [5, 5.41) is 2.54. The van der Waals surface area contributed by atoms with E-state index in [9.17, 15) is 18.0 Å². The minimum absolute atomic E-state index is 0.0873. The zero-order valence-electron chi connectivity index (χ0n) is 17.1. The minimum Gasteiger partial charge on any atom is -0.494 e. The van der Waals surface area contributed by atoms with Crippen molar-refractivity contribution >= 4 is 23.4 Å². The van der Waals surface area contributed by atoms with Gasteiger partial charge in [0.2, 0.25) is 0 Å². The van der Waals surface area contributed by atoms with Crippen LogP contribution in [0.5, 0.6) is 5.75 Å². The predicted molar refractivity (Wildman–Crippen MR) is 118 cm³/mol. The summed E-state index contributed by atoms with van der Waals surface area (Å²) in [7, 11) is 0. The Bertz CT molecular complexity index is 1050. The molecule has 0 unspecified atom stereocenters. The molecule has 0 radical (unpaired) electrons. The monoisotopic (exact) mass is 445 g/mol. The van der Waals surface area contributed by atoms with Gasteiger partial charge in [-0.25, -0.2) is 0 Å². The second kappa shape index (κ2) is 9.92. The van der Waals surface area contributed by atoms with Gasteiger partial charge >= 0.3 is 6.18 Å². The molecular weight excluding hydrogens is 423 g/mol.